The average molecular weight is 1140 g/mol. The molecule has 0 bridgehead atoms. The first-order chi connectivity index (χ1) is 40.9. The van der Waals surface area contributed by atoms with Crippen molar-refractivity contribution in [1.82, 2.24) is 0 Å². The number of halogens is 1. The standard InChI is InChI=1S/C46H31OP.C34H21Br/c47-48(40-15-6-2-7-16-40,41-17-8-3-9-18-41)42-30-38(34-21-19-33(20-22-34)32-11-4-1-5-12-32)29-39(31-42)43-27-25-37-24-23-35-13-10-14-36-26-28-44(43)46(37)45(35)36;35-30-20-28(24-11-9-23(10-12-24)22-5-2-1-3-6-22)19-29(21-30)31-17-15-27-14-13-25-7-4-8-26-16-18-32(31)34(27)33(25)26/h1-31H;1-21H. The fourth-order valence-corrected chi connectivity index (χ4v) is 15.9. The van der Waals surface area contributed by atoms with Crippen LogP contribution in [0, 0.1) is 0 Å². The number of hydrogen-bond acceptors (Lipinski definition) is 1. The molecule has 0 heterocycles. The number of benzene rings is 16. The van der Waals surface area contributed by atoms with Crippen molar-refractivity contribution in [1.29, 1.82) is 0 Å². The molecule has 3 heteroatoms. The first-order valence-corrected chi connectivity index (χ1v) is 30.7. The molecule has 16 aromatic carbocycles. The van der Waals surface area contributed by atoms with E-state index in [1.54, 1.807) is 0 Å². The maximum absolute atomic E-state index is 15.8. The molecule has 1 nitrogen and oxygen atoms in total. The molecule has 0 spiro atoms. The van der Waals surface area contributed by atoms with Gasteiger partial charge in [-0.15, -0.1) is 0 Å². The van der Waals surface area contributed by atoms with Crippen LogP contribution in [0.1, 0.15) is 0 Å². The summed E-state index contributed by atoms with van der Waals surface area (Å²) in [7, 11) is -3.25. The molecular weight excluding hydrogens is 1090 g/mol. The highest BCUT2D eigenvalue weighted by atomic mass is 79.9. The van der Waals surface area contributed by atoms with Crippen molar-refractivity contribution in [3.05, 3.63) is 320 Å². The Balaban J connectivity index is 0.000000149. The Bertz CT molecular complexity index is 5000. The predicted octanol–water partition coefficient (Wildman–Crippen LogP) is 21.6. The Morgan fingerprint density at radius 1 is 0.217 bits per heavy atom. The summed E-state index contributed by atoms with van der Waals surface area (Å²) in [6, 6.07) is 112. The zero-order valence-corrected chi connectivity index (χ0v) is 47.7. The minimum Gasteiger partial charge on any atom is -0.309 e. The molecule has 0 aromatic heterocycles. The fraction of sp³-hybridized carbons (Fsp3) is 0. The van der Waals surface area contributed by atoms with Gasteiger partial charge < -0.3 is 4.57 Å². The second-order valence-corrected chi connectivity index (χ2v) is 25.3. The van der Waals surface area contributed by atoms with Crippen molar-refractivity contribution in [3.8, 4) is 66.8 Å². The van der Waals surface area contributed by atoms with E-state index in [-0.39, 0.29) is 0 Å². The van der Waals surface area contributed by atoms with E-state index in [0.29, 0.717) is 0 Å². The van der Waals surface area contributed by atoms with Gasteiger partial charge in [0.1, 0.15) is 0 Å². The zero-order chi connectivity index (χ0) is 55.4. The van der Waals surface area contributed by atoms with Crippen molar-refractivity contribution in [2.24, 2.45) is 0 Å². The van der Waals surface area contributed by atoms with Crippen LogP contribution < -0.4 is 15.9 Å². The van der Waals surface area contributed by atoms with Crippen LogP contribution in [-0.2, 0) is 4.57 Å². The molecule has 0 radical (unpaired) electrons. The first-order valence-electron chi connectivity index (χ1n) is 28.2. The normalized spacial score (nSPS) is 11.7. The van der Waals surface area contributed by atoms with Crippen molar-refractivity contribution in [2.75, 3.05) is 0 Å². The highest BCUT2D eigenvalue weighted by Crippen LogP contribution is 2.47. The van der Waals surface area contributed by atoms with Gasteiger partial charge in [-0.25, -0.2) is 0 Å². The molecule has 0 N–H and O–H groups in total. The molecule has 0 amide bonds. The molecule has 16 aromatic rings. The third-order valence-electron chi connectivity index (χ3n) is 16.7. The number of rotatable bonds is 9. The molecule has 83 heavy (non-hydrogen) atoms. The second kappa shape index (κ2) is 21.0. The van der Waals surface area contributed by atoms with Crippen LogP contribution in [0.3, 0.4) is 0 Å². The molecule has 0 fully saturated rings. The van der Waals surface area contributed by atoms with E-state index in [1.165, 1.54) is 109 Å². The molecule has 16 rings (SSSR count). The van der Waals surface area contributed by atoms with Gasteiger partial charge in [-0.3, -0.25) is 0 Å². The molecular formula is C80H52BrOP. The van der Waals surface area contributed by atoms with Gasteiger partial charge in [0.15, 0.2) is 7.14 Å². The van der Waals surface area contributed by atoms with Gasteiger partial charge in [-0.05, 0) is 168 Å². The highest BCUT2D eigenvalue weighted by molar-refractivity contribution is 9.10. The quantitative estimate of drug-likeness (QED) is 0.104. The predicted molar refractivity (Wildman–Crippen MR) is 360 cm³/mol. The van der Waals surface area contributed by atoms with Gasteiger partial charge in [0, 0.05) is 20.4 Å². The Labute approximate surface area is 491 Å². The molecule has 0 atom stereocenters. The summed E-state index contributed by atoms with van der Waals surface area (Å²) < 4.78 is 16.8. The summed E-state index contributed by atoms with van der Waals surface area (Å²) in [6.07, 6.45) is 0. The summed E-state index contributed by atoms with van der Waals surface area (Å²) in [5.74, 6) is 0. The molecule has 0 saturated carbocycles. The van der Waals surface area contributed by atoms with E-state index >= 15 is 4.57 Å². The van der Waals surface area contributed by atoms with Crippen molar-refractivity contribution < 1.29 is 4.57 Å². The van der Waals surface area contributed by atoms with Gasteiger partial charge in [0.2, 0.25) is 0 Å². The van der Waals surface area contributed by atoms with Crippen molar-refractivity contribution in [2.45, 2.75) is 0 Å². The Morgan fingerprint density at radius 3 is 0.940 bits per heavy atom. The summed E-state index contributed by atoms with van der Waals surface area (Å²) in [4.78, 5) is 0. The van der Waals surface area contributed by atoms with Crippen LogP contribution in [-0.4, -0.2) is 0 Å². The maximum atomic E-state index is 15.8. The van der Waals surface area contributed by atoms with E-state index in [4.69, 9.17) is 0 Å². The highest BCUT2D eigenvalue weighted by Gasteiger charge is 2.31. The summed E-state index contributed by atoms with van der Waals surface area (Å²) >= 11 is 3.79. The van der Waals surface area contributed by atoms with Crippen LogP contribution in [0.2, 0.25) is 0 Å². The van der Waals surface area contributed by atoms with Crippen LogP contribution in [0.25, 0.3) is 131 Å². The van der Waals surface area contributed by atoms with Crippen LogP contribution in [0.5, 0.6) is 0 Å². The van der Waals surface area contributed by atoms with E-state index < -0.39 is 7.14 Å². The van der Waals surface area contributed by atoms with Crippen LogP contribution in [0.4, 0.5) is 0 Å². The zero-order valence-electron chi connectivity index (χ0n) is 45.3. The molecule has 0 aliphatic rings. The summed E-state index contributed by atoms with van der Waals surface area (Å²) in [6.45, 7) is 0. The lowest BCUT2D eigenvalue weighted by Gasteiger charge is -2.22. The fourth-order valence-electron chi connectivity index (χ4n) is 12.7. The first kappa shape index (κ1) is 50.3. The smallest absolute Gasteiger partial charge is 0.171 e. The molecule has 0 aliphatic carbocycles. The summed E-state index contributed by atoms with van der Waals surface area (Å²) in [5, 5.41) is 17.9. The lowest BCUT2D eigenvalue weighted by Crippen LogP contribution is -2.25. The summed E-state index contributed by atoms with van der Waals surface area (Å²) in [5.41, 5.74) is 14.0. The third-order valence-corrected chi connectivity index (χ3v) is 20.2. The van der Waals surface area contributed by atoms with Gasteiger partial charge in [-0.1, -0.05) is 295 Å². The SMILES string of the molecule is Brc1cc(-c2ccc(-c3ccccc3)cc2)cc(-c2ccc3ccc4cccc5ccc2c3c45)c1.O=P(c1ccccc1)(c1ccccc1)c1cc(-c2ccc(-c3ccccc3)cc2)cc(-c2ccc3ccc4cccc5ccc2c3c45)c1. The van der Waals surface area contributed by atoms with E-state index in [9.17, 15) is 0 Å². The van der Waals surface area contributed by atoms with E-state index in [2.05, 4.69) is 265 Å². The Morgan fingerprint density at radius 2 is 0.518 bits per heavy atom. The van der Waals surface area contributed by atoms with E-state index in [0.717, 1.165) is 42.6 Å². The molecule has 0 aliphatic heterocycles. The lowest BCUT2D eigenvalue weighted by molar-refractivity contribution is 0.592. The maximum Gasteiger partial charge on any atom is 0.171 e. The largest absolute Gasteiger partial charge is 0.309 e. The van der Waals surface area contributed by atoms with Crippen molar-refractivity contribution >= 4 is 104 Å². The topological polar surface area (TPSA) is 17.1 Å². The van der Waals surface area contributed by atoms with Crippen molar-refractivity contribution in [3.63, 3.8) is 0 Å². The molecule has 0 saturated heterocycles. The Hall–Kier alpha value is -9.69. The van der Waals surface area contributed by atoms with Crippen LogP contribution >= 0.6 is 23.1 Å². The minimum atomic E-state index is -3.25. The Kier molecular flexibility index (Phi) is 12.7. The van der Waals surface area contributed by atoms with Gasteiger partial charge >= 0.3 is 0 Å². The monoisotopic (exact) mass is 1140 g/mol. The number of hydrogen-bond donors (Lipinski definition) is 0. The average Bonchev–Trinajstić information content (AvgIpc) is 3.67. The lowest BCUT2D eigenvalue weighted by atomic mass is 9.89. The minimum absolute atomic E-state index is 0.824. The van der Waals surface area contributed by atoms with Gasteiger partial charge in [0.05, 0.1) is 0 Å². The molecule has 0 unspecified atom stereocenters. The van der Waals surface area contributed by atoms with Crippen LogP contribution in [0.15, 0.2) is 320 Å². The second-order valence-electron chi connectivity index (χ2n) is 21.6. The van der Waals surface area contributed by atoms with Gasteiger partial charge in [-0.2, -0.15) is 0 Å². The van der Waals surface area contributed by atoms with Gasteiger partial charge in [0.25, 0.3) is 0 Å². The third kappa shape index (κ3) is 9.09. The molecule has 390 valence electrons. The van der Waals surface area contributed by atoms with E-state index in [1.807, 2.05) is 66.7 Å².